The van der Waals surface area contributed by atoms with Crippen molar-refractivity contribution in [3.8, 4) is 0 Å². The molecule has 1 heterocycles. The van der Waals surface area contributed by atoms with E-state index < -0.39 is 35.3 Å². The minimum atomic E-state index is -1.26. The summed E-state index contributed by atoms with van der Waals surface area (Å²) in [4.78, 5) is 40.6. The monoisotopic (exact) mass is 465 g/mol. The van der Waals surface area contributed by atoms with Crippen LogP contribution in [0.15, 0.2) is 77.3 Å². The molecule has 0 spiro atoms. The number of halogens is 2. The van der Waals surface area contributed by atoms with Gasteiger partial charge < -0.3 is 0 Å². The van der Waals surface area contributed by atoms with Crippen molar-refractivity contribution in [2.24, 2.45) is 5.92 Å². The molecule has 0 aliphatic carbocycles. The molecule has 1 amide bonds. The second-order valence-corrected chi connectivity index (χ2v) is 8.04. The second kappa shape index (κ2) is 7.95. The Morgan fingerprint density at radius 2 is 1.70 bits per heavy atom. The molecule has 1 fully saturated rings. The van der Waals surface area contributed by atoms with Gasteiger partial charge in [0.1, 0.15) is 11.7 Å². The topological polar surface area (TPSA) is 54.5 Å². The number of benzene rings is 3. The molecule has 3 aromatic rings. The maximum atomic E-state index is 14.0. The summed E-state index contributed by atoms with van der Waals surface area (Å²) in [5, 5.41) is 0. The van der Waals surface area contributed by atoms with Crippen molar-refractivity contribution in [1.29, 1.82) is 0 Å². The minimum absolute atomic E-state index is 0.331. The predicted octanol–water partition coefficient (Wildman–Crippen LogP) is 5.05. The molecule has 2 atom stereocenters. The van der Waals surface area contributed by atoms with Gasteiger partial charge in [0.15, 0.2) is 5.78 Å². The van der Waals surface area contributed by atoms with Crippen LogP contribution in [0, 0.1) is 18.7 Å². The van der Waals surface area contributed by atoms with Crippen molar-refractivity contribution in [2.45, 2.75) is 13.0 Å². The number of hydrogen-bond donors (Lipinski definition) is 0. The molecule has 150 valence electrons. The van der Waals surface area contributed by atoms with Gasteiger partial charge >= 0.3 is 0 Å². The first kappa shape index (κ1) is 20.2. The molecular weight excluding hydrogens is 449 g/mol. The van der Waals surface area contributed by atoms with Crippen LogP contribution in [0.2, 0.25) is 0 Å². The molecule has 0 saturated carbocycles. The van der Waals surface area contributed by atoms with Crippen LogP contribution < -0.4 is 4.90 Å². The lowest BCUT2D eigenvalue weighted by atomic mass is 9.86. The van der Waals surface area contributed by atoms with Crippen LogP contribution >= 0.6 is 15.9 Å². The number of aryl methyl sites for hydroxylation is 1. The molecule has 3 aromatic carbocycles. The molecule has 30 heavy (non-hydrogen) atoms. The highest BCUT2D eigenvalue weighted by molar-refractivity contribution is 9.10. The predicted molar refractivity (Wildman–Crippen MR) is 115 cm³/mol. The Balaban J connectivity index is 1.89. The lowest BCUT2D eigenvalue weighted by molar-refractivity contribution is -0.135. The zero-order valence-electron chi connectivity index (χ0n) is 16.0. The molecule has 2 unspecified atom stereocenters. The van der Waals surface area contributed by atoms with Gasteiger partial charge in [0, 0.05) is 15.7 Å². The van der Waals surface area contributed by atoms with Gasteiger partial charge in [0.05, 0.1) is 6.04 Å². The summed E-state index contributed by atoms with van der Waals surface area (Å²) in [5.74, 6) is -3.81. The second-order valence-electron chi connectivity index (χ2n) is 7.18. The Morgan fingerprint density at radius 1 is 0.967 bits per heavy atom. The highest BCUT2D eigenvalue weighted by Crippen LogP contribution is 2.42. The number of nitrogens with zero attached hydrogens (tertiary/aromatic N) is 1. The number of Topliss-reactive ketones (excluding diaryl/α,β-unsaturated/α-hetero) is 2. The Hall–Kier alpha value is -3.12. The van der Waals surface area contributed by atoms with Gasteiger partial charge in [-0.2, -0.15) is 0 Å². The van der Waals surface area contributed by atoms with Crippen molar-refractivity contribution in [1.82, 2.24) is 0 Å². The summed E-state index contributed by atoms with van der Waals surface area (Å²) in [6.45, 7) is 1.90. The zero-order chi connectivity index (χ0) is 21.4. The lowest BCUT2D eigenvalue weighted by Crippen LogP contribution is -2.30. The number of anilines is 1. The van der Waals surface area contributed by atoms with Crippen LogP contribution in [0.5, 0.6) is 0 Å². The lowest BCUT2D eigenvalue weighted by Gasteiger charge is -2.27. The number of amides is 1. The van der Waals surface area contributed by atoms with Crippen LogP contribution in [0.4, 0.5) is 10.1 Å². The third-order valence-corrected chi connectivity index (χ3v) is 6.12. The van der Waals surface area contributed by atoms with E-state index >= 15 is 0 Å². The van der Waals surface area contributed by atoms with Crippen LogP contribution in [-0.2, 0) is 9.59 Å². The van der Waals surface area contributed by atoms with Crippen LogP contribution in [0.1, 0.15) is 27.5 Å². The number of carbonyl (C=O) groups excluding carboxylic acids is 3. The first-order valence-corrected chi connectivity index (χ1v) is 10.2. The molecular formula is C24H17BrFNO3. The van der Waals surface area contributed by atoms with E-state index in [1.807, 2.05) is 13.0 Å². The van der Waals surface area contributed by atoms with Gasteiger partial charge in [0.25, 0.3) is 5.91 Å². The number of ketones is 2. The Labute approximate surface area is 181 Å². The van der Waals surface area contributed by atoms with E-state index in [9.17, 15) is 18.8 Å². The SMILES string of the molecule is Cc1ccc(N2C(=O)C(=O)C(C(=O)c3ccccc3)C2c2cccc(F)c2)cc1Br. The van der Waals surface area contributed by atoms with E-state index in [0.29, 0.717) is 16.8 Å². The molecule has 0 N–H and O–H groups in total. The summed E-state index contributed by atoms with van der Waals surface area (Å²) in [7, 11) is 0. The van der Waals surface area contributed by atoms with Gasteiger partial charge in [-0.25, -0.2) is 4.39 Å². The van der Waals surface area contributed by atoms with Crippen LogP contribution in [0.25, 0.3) is 0 Å². The summed E-state index contributed by atoms with van der Waals surface area (Å²) in [6.07, 6.45) is 0. The molecule has 6 heteroatoms. The highest BCUT2D eigenvalue weighted by atomic mass is 79.9. The largest absolute Gasteiger partial charge is 0.297 e. The number of hydrogen-bond acceptors (Lipinski definition) is 3. The fraction of sp³-hybridized carbons (Fsp3) is 0.125. The molecule has 4 rings (SSSR count). The molecule has 0 aromatic heterocycles. The van der Waals surface area contributed by atoms with E-state index in [-0.39, 0.29) is 0 Å². The third kappa shape index (κ3) is 3.48. The van der Waals surface area contributed by atoms with Crippen molar-refractivity contribution in [3.05, 3.63) is 99.8 Å². The van der Waals surface area contributed by atoms with Crippen molar-refractivity contribution in [3.63, 3.8) is 0 Å². The first-order valence-electron chi connectivity index (χ1n) is 9.37. The highest BCUT2D eigenvalue weighted by Gasteiger charge is 2.52. The maximum Gasteiger partial charge on any atom is 0.295 e. The van der Waals surface area contributed by atoms with Crippen molar-refractivity contribution < 1.29 is 18.8 Å². The van der Waals surface area contributed by atoms with E-state index in [4.69, 9.17) is 0 Å². The van der Waals surface area contributed by atoms with Crippen LogP contribution in [0.3, 0.4) is 0 Å². The van der Waals surface area contributed by atoms with Gasteiger partial charge in [-0.3, -0.25) is 19.3 Å². The van der Waals surface area contributed by atoms with E-state index in [0.717, 1.165) is 10.0 Å². The van der Waals surface area contributed by atoms with Crippen LogP contribution in [-0.4, -0.2) is 17.5 Å². The van der Waals surface area contributed by atoms with E-state index in [1.165, 1.54) is 23.1 Å². The third-order valence-electron chi connectivity index (χ3n) is 5.27. The Kier molecular flexibility index (Phi) is 5.35. The average molecular weight is 466 g/mol. The van der Waals surface area contributed by atoms with Crippen molar-refractivity contribution in [2.75, 3.05) is 4.90 Å². The molecule has 1 saturated heterocycles. The number of rotatable bonds is 4. The standard InChI is InChI=1S/C24H17BrFNO3/c1-14-10-11-18(13-19(14)25)27-21(16-8-5-9-17(26)12-16)20(23(29)24(27)30)22(28)15-6-3-2-4-7-15/h2-13,20-21H,1H3. The minimum Gasteiger partial charge on any atom is -0.297 e. The fourth-order valence-corrected chi connectivity index (χ4v) is 4.12. The quantitative estimate of drug-likeness (QED) is 0.307. The Morgan fingerprint density at radius 3 is 2.37 bits per heavy atom. The van der Waals surface area contributed by atoms with Gasteiger partial charge in [-0.05, 0) is 42.3 Å². The first-order chi connectivity index (χ1) is 14.4. The normalized spacial score (nSPS) is 18.7. The Bertz CT molecular complexity index is 1160. The molecule has 1 aliphatic heterocycles. The summed E-state index contributed by atoms with van der Waals surface area (Å²) in [6, 6.07) is 18.3. The van der Waals surface area contributed by atoms with Gasteiger partial charge in [0.2, 0.25) is 5.78 Å². The smallest absolute Gasteiger partial charge is 0.295 e. The number of carbonyl (C=O) groups is 3. The van der Waals surface area contributed by atoms with Gasteiger partial charge in [-0.15, -0.1) is 0 Å². The maximum absolute atomic E-state index is 14.0. The summed E-state index contributed by atoms with van der Waals surface area (Å²) >= 11 is 3.45. The molecule has 4 nitrogen and oxygen atoms in total. The van der Waals surface area contributed by atoms with Crippen molar-refractivity contribution >= 4 is 39.1 Å². The average Bonchev–Trinajstić information content (AvgIpc) is 3.01. The molecule has 0 bridgehead atoms. The summed E-state index contributed by atoms with van der Waals surface area (Å²) < 4.78 is 14.8. The fourth-order valence-electron chi connectivity index (χ4n) is 3.76. The summed E-state index contributed by atoms with van der Waals surface area (Å²) in [5.41, 5.74) is 2.14. The molecule has 0 radical (unpaired) electrons. The van der Waals surface area contributed by atoms with E-state index in [2.05, 4.69) is 15.9 Å². The van der Waals surface area contributed by atoms with Gasteiger partial charge in [-0.1, -0.05) is 64.5 Å². The molecule has 1 aliphatic rings. The van der Waals surface area contributed by atoms with E-state index in [1.54, 1.807) is 48.5 Å². The zero-order valence-corrected chi connectivity index (χ0v) is 17.6.